The Hall–Kier alpha value is -1.00. The first-order valence-electron chi connectivity index (χ1n) is 2.96. The van der Waals surface area contributed by atoms with Crippen molar-refractivity contribution in [1.82, 2.24) is 4.98 Å². The molecule has 0 fully saturated rings. The van der Waals surface area contributed by atoms with Crippen LogP contribution in [0, 0.1) is 21.4 Å². The van der Waals surface area contributed by atoms with Crippen molar-refractivity contribution in [2.24, 2.45) is 0 Å². The van der Waals surface area contributed by atoms with Gasteiger partial charge in [-0.25, -0.2) is 4.98 Å². The highest BCUT2D eigenvalue weighted by Crippen LogP contribution is 2.33. The second-order valence-electron chi connectivity index (χ2n) is 1.99. The molecule has 0 spiro atoms. The number of nitriles is 1. The predicted octanol–water partition coefficient (Wildman–Crippen LogP) is 2.39. The summed E-state index contributed by atoms with van der Waals surface area (Å²) in [4.78, 5) is 13.6. The molecule has 0 bridgehead atoms. The highest BCUT2D eigenvalue weighted by Gasteiger charge is 2.20. The van der Waals surface area contributed by atoms with Crippen LogP contribution in [0.2, 0.25) is 0 Å². The van der Waals surface area contributed by atoms with Crippen LogP contribution in [0.1, 0.15) is 5.69 Å². The standard InChI is InChI=1S/C6HBr2N3O2/c7-3-2-10-4(1-9)5(8)6(3)11(12)13/h2H. The van der Waals surface area contributed by atoms with E-state index in [2.05, 4.69) is 36.8 Å². The molecular formula is C6HBr2N3O2. The smallest absolute Gasteiger partial charge is 0.258 e. The molecule has 66 valence electrons. The van der Waals surface area contributed by atoms with Crippen molar-refractivity contribution in [3.63, 3.8) is 0 Å². The van der Waals surface area contributed by atoms with Crippen molar-refractivity contribution in [1.29, 1.82) is 5.26 Å². The quantitative estimate of drug-likeness (QED) is 0.589. The highest BCUT2D eigenvalue weighted by atomic mass is 79.9. The molecule has 0 saturated heterocycles. The fourth-order valence-corrected chi connectivity index (χ4v) is 1.96. The minimum atomic E-state index is -0.587. The van der Waals surface area contributed by atoms with Crippen molar-refractivity contribution < 1.29 is 4.92 Å². The first-order chi connectivity index (χ1) is 6.07. The lowest BCUT2D eigenvalue weighted by Crippen LogP contribution is -1.95. The van der Waals surface area contributed by atoms with Gasteiger partial charge in [-0.15, -0.1) is 0 Å². The number of hydrogen-bond acceptors (Lipinski definition) is 4. The summed E-state index contributed by atoms with van der Waals surface area (Å²) in [6.45, 7) is 0. The van der Waals surface area contributed by atoms with E-state index in [0.717, 1.165) is 0 Å². The van der Waals surface area contributed by atoms with Gasteiger partial charge in [-0.2, -0.15) is 5.26 Å². The zero-order chi connectivity index (χ0) is 10.0. The summed E-state index contributed by atoms with van der Waals surface area (Å²) in [5.74, 6) is 0. The van der Waals surface area contributed by atoms with Gasteiger partial charge < -0.3 is 0 Å². The average molecular weight is 307 g/mol. The van der Waals surface area contributed by atoms with E-state index in [1.807, 2.05) is 0 Å². The predicted molar refractivity (Wildman–Crippen MR) is 51.0 cm³/mol. The van der Waals surface area contributed by atoms with Crippen molar-refractivity contribution in [2.45, 2.75) is 0 Å². The molecule has 0 N–H and O–H groups in total. The van der Waals surface area contributed by atoms with Crippen LogP contribution < -0.4 is 0 Å². The van der Waals surface area contributed by atoms with Crippen LogP contribution in [0.15, 0.2) is 15.1 Å². The molecule has 1 heterocycles. The Kier molecular flexibility index (Phi) is 2.95. The normalized spacial score (nSPS) is 9.31. The van der Waals surface area contributed by atoms with Crippen LogP contribution in [0.4, 0.5) is 5.69 Å². The maximum absolute atomic E-state index is 10.5. The van der Waals surface area contributed by atoms with Crippen LogP contribution in [0.25, 0.3) is 0 Å². The van der Waals surface area contributed by atoms with Gasteiger partial charge >= 0.3 is 5.69 Å². The van der Waals surface area contributed by atoms with Crippen LogP contribution in [0.5, 0.6) is 0 Å². The van der Waals surface area contributed by atoms with E-state index in [1.54, 1.807) is 6.07 Å². The number of hydrogen-bond donors (Lipinski definition) is 0. The van der Waals surface area contributed by atoms with E-state index in [9.17, 15) is 10.1 Å². The van der Waals surface area contributed by atoms with Crippen molar-refractivity contribution in [3.8, 4) is 6.07 Å². The van der Waals surface area contributed by atoms with Crippen LogP contribution in [0.3, 0.4) is 0 Å². The third-order valence-electron chi connectivity index (χ3n) is 1.24. The molecule has 5 nitrogen and oxygen atoms in total. The van der Waals surface area contributed by atoms with Crippen molar-refractivity contribution in [3.05, 3.63) is 31.0 Å². The third-order valence-corrected chi connectivity index (χ3v) is 2.57. The minimum Gasteiger partial charge on any atom is -0.258 e. The molecule has 0 saturated carbocycles. The molecule has 0 aromatic carbocycles. The Morgan fingerprint density at radius 2 is 2.23 bits per heavy atom. The summed E-state index contributed by atoms with van der Waals surface area (Å²) in [6, 6.07) is 1.73. The van der Waals surface area contributed by atoms with E-state index in [0.29, 0.717) is 0 Å². The first kappa shape index (κ1) is 10.1. The lowest BCUT2D eigenvalue weighted by atomic mass is 10.3. The molecule has 7 heteroatoms. The summed E-state index contributed by atoms with van der Waals surface area (Å²) in [5, 5.41) is 19.1. The van der Waals surface area contributed by atoms with Gasteiger partial charge in [0.15, 0.2) is 5.69 Å². The van der Waals surface area contributed by atoms with Gasteiger partial charge in [-0.05, 0) is 31.9 Å². The second kappa shape index (κ2) is 3.81. The summed E-state index contributed by atoms with van der Waals surface area (Å²) >= 11 is 5.90. The molecule has 0 radical (unpaired) electrons. The van der Waals surface area contributed by atoms with Gasteiger partial charge in [0.05, 0.1) is 4.92 Å². The van der Waals surface area contributed by atoms with Crippen molar-refractivity contribution in [2.75, 3.05) is 0 Å². The number of aromatic nitrogens is 1. The molecule has 1 rings (SSSR count). The Morgan fingerprint density at radius 3 is 2.69 bits per heavy atom. The number of rotatable bonds is 1. The second-order valence-corrected chi connectivity index (χ2v) is 3.63. The van der Waals surface area contributed by atoms with Crippen LogP contribution in [-0.4, -0.2) is 9.91 Å². The Bertz CT molecular complexity index is 413. The molecule has 0 aliphatic carbocycles. The highest BCUT2D eigenvalue weighted by molar-refractivity contribution is 9.11. The lowest BCUT2D eigenvalue weighted by Gasteiger charge is -1.98. The molecule has 0 unspecified atom stereocenters. The zero-order valence-corrected chi connectivity index (χ0v) is 9.16. The first-order valence-corrected chi connectivity index (χ1v) is 4.55. The average Bonchev–Trinajstić information content (AvgIpc) is 2.04. The zero-order valence-electron chi connectivity index (χ0n) is 5.99. The molecule has 1 aromatic heterocycles. The van der Waals surface area contributed by atoms with Gasteiger partial charge in [-0.1, -0.05) is 0 Å². The van der Waals surface area contributed by atoms with E-state index in [-0.39, 0.29) is 20.3 Å². The lowest BCUT2D eigenvalue weighted by molar-refractivity contribution is -0.386. The van der Waals surface area contributed by atoms with Gasteiger partial charge in [0.1, 0.15) is 15.0 Å². The van der Waals surface area contributed by atoms with Crippen molar-refractivity contribution >= 4 is 37.5 Å². The number of halogens is 2. The van der Waals surface area contributed by atoms with Crippen LogP contribution >= 0.6 is 31.9 Å². The van der Waals surface area contributed by atoms with Gasteiger partial charge in [0.2, 0.25) is 0 Å². The summed E-state index contributed by atoms with van der Waals surface area (Å²) in [6.07, 6.45) is 1.22. The number of nitro groups is 1. The molecule has 0 aliphatic heterocycles. The Labute approximate surface area is 89.8 Å². The maximum Gasteiger partial charge on any atom is 0.302 e. The molecular weight excluding hydrogens is 306 g/mol. The molecule has 1 aromatic rings. The molecule has 0 aliphatic rings. The maximum atomic E-state index is 10.5. The summed E-state index contributed by atoms with van der Waals surface area (Å²) < 4.78 is 0.331. The van der Waals surface area contributed by atoms with E-state index < -0.39 is 4.92 Å². The molecule has 13 heavy (non-hydrogen) atoms. The Morgan fingerprint density at radius 1 is 1.62 bits per heavy atom. The summed E-state index contributed by atoms with van der Waals surface area (Å²) in [7, 11) is 0. The van der Waals surface area contributed by atoms with E-state index in [1.165, 1.54) is 6.20 Å². The van der Waals surface area contributed by atoms with E-state index in [4.69, 9.17) is 5.26 Å². The number of nitrogens with zero attached hydrogens (tertiary/aromatic N) is 3. The molecule has 0 atom stereocenters. The summed E-state index contributed by atoms with van der Waals surface area (Å²) in [5.41, 5.74) is -0.193. The fourth-order valence-electron chi connectivity index (χ4n) is 0.701. The van der Waals surface area contributed by atoms with Gasteiger partial charge in [-0.3, -0.25) is 10.1 Å². The van der Waals surface area contributed by atoms with Gasteiger partial charge in [0, 0.05) is 6.20 Å². The monoisotopic (exact) mass is 305 g/mol. The van der Waals surface area contributed by atoms with Gasteiger partial charge in [0.25, 0.3) is 0 Å². The van der Waals surface area contributed by atoms with E-state index >= 15 is 0 Å². The molecule has 0 amide bonds. The third kappa shape index (κ3) is 1.84. The Balaban J connectivity index is 3.50. The number of pyridine rings is 1. The largest absolute Gasteiger partial charge is 0.302 e. The SMILES string of the molecule is N#Cc1ncc(Br)c([N+](=O)[O-])c1Br. The fraction of sp³-hybridized carbons (Fsp3) is 0. The topological polar surface area (TPSA) is 79.8 Å². The van der Waals surface area contributed by atoms with Crippen LogP contribution in [-0.2, 0) is 0 Å². The minimum absolute atomic E-state index is 0.00472.